The number of nitrogens with zero attached hydrogens (tertiary/aromatic N) is 1. The van der Waals surface area contributed by atoms with Crippen molar-refractivity contribution >= 4 is 33.4 Å². The Hall–Kier alpha value is -1.36. The van der Waals surface area contributed by atoms with Crippen molar-refractivity contribution < 1.29 is 9.59 Å². The van der Waals surface area contributed by atoms with Crippen LogP contribution in [-0.2, 0) is 9.59 Å². The first-order valence-corrected chi connectivity index (χ1v) is 5.75. The normalized spacial score (nSPS) is 16.2. The van der Waals surface area contributed by atoms with Gasteiger partial charge in [0.15, 0.2) is 0 Å². The van der Waals surface area contributed by atoms with Crippen LogP contribution in [0.15, 0.2) is 22.7 Å². The maximum atomic E-state index is 11.6. The van der Waals surface area contributed by atoms with Crippen molar-refractivity contribution in [1.82, 2.24) is 5.32 Å². The highest BCUT2D eigenvalue weighted by atomic mass is 79.9. The molecule has 0 spiro atoms. The van der Waals surface area contributed by atoms with Gasteiger partial charge in [0.1, 0.15) is 0 Å². The fraction of sp³-hybridized carbons (Fsp3) is 0.273. The minimum Gasteiger partial charge on any atom is -0.346 e. The van der Waals surface area contributed by atoms with Crippen LogP contribution in [0.5, 0.6) is 0 Å². The second kappa shape index (κ2) is 4.25. The molecule has 1 N–H and O–H groups in total. The first kappa shape index (κ1) is 11.1. The van der Waals surface area contributed by atoms with Gasteiger partial charge in [0.25, 0.3) is 0 Å². The summed E-state index contributed by atoms with van der Waals surface area (Å²) in [5.74, 6) is -1.04. The highest BCUT2D eigenvalue weighted by molar-refractivity contribution is 9.10. The molecule has 84 valence electrons. The Bertz CT molecular complexity index is 459. The molecule has 5 heteroatoms. The number of amides is 2. The van der Waals surface area contributed by atoms with E-state index in [1.165, 1.54) is 4.90 Å². The molecule has 4 nitrogen and oxygen atoms in total. The molecule has 1 aromatic rings. The Labute approximate surface area is 102 Å². The van der Waals surface area contributed by atoms with Crippen LogP contribution in [0.3, 0.4) is 0 Å². The van der Waals surface area contributed by atoms with Crippen molar-refractivity contribution in [3.63, 3.8) is 0 Å². The first-order valence-electron chi connectivity index (χ1n) is 4.95. The summed E-state index contributed by atoms with van der Waals surface area (Å²) in [6, 6.07) is 5.61. The molecule has 1 aliphatic heterocycles. The molecule has 0 saturated carbocycles. The number of nitrogens with one attached hydrogen (secondary N) is 1. The van der Waals surface area contributed by atoms with Gasteiger partial charge in [-0.15, -0.1) is 0 Å². The molecule has 2 amide bonds. The maximum Gasteiger partial charge on any atom is 0.316 e. The number of aryl methyl sites for hydroxylation is 1. The van der Waals surface area contributed by atoms with E-state index >= 15 is 0 Å². The van der Waals surface area contributed by atoms with Crippen LogP contribution in [0.1, 0.15) is 5.56 Å². The van der Waals surface area contributed by atoms with E-state index in [-0.39, 0.29) is 0 Å². The van der Waals surface area contributed by atoms with Gasteiger partial charge < -0.3 is 10.2 Å². The van der Waals surface area contributed by atoms with Gasteiger partial charge in [0.2, 0.25) is 0 Å². The van der Waals surface area contributed by atoms with Crippen molar-refractivity contribution in [2.45, 2.75) is 6.92 Å². The van der Waals surface area contributed by atoms with Crippen LogP contribution in [0.4, 0.5) is 5.69 Å². The maximum absolute atomic E-state index is 11.6. The fourth-order valence-corrected chi connectivity index (χ4v) is 1.94. The van der Waals surface area contributed by atoms with Crippen LogP contribution in [0.25, 0.3) is 0 Å². The highest BCUT2D eigenvalue weighted by Crippen LogP contribution is 2.24. The lowest BCUT2D eigenvalue weighted by Gasteiger charge is -2.26. The molecule has 2 rings (SSSR count). The van der Waals surface area contributed by atoms with Crippen LogP contribution < -0.4 is 10.2 Å². The van der Waals surface area contributed by atoms with Crippen molar-refractivity contribution in [2.75, 3.05) is 18.0 Å². The molecule has 16 heavy (non-hydrogen) atoms. The number of carbonyl (C=O) groups excluding carboxylic acids is 2. The van der Waals surface area contributed by atoms with Crippen LogP contribution in [-0.4, -0.2) is 24.9 Å². The third kappa shape index (κ3) is 1.95. The minimum absolute atomic E-state index is 0.496. The van der Waals surface area contributed by atoms with E-state index < -0.39 is 11.8 Å². The molecule has 1 saturated heterocycles. The largest absolute Gasteiger partial charge is 0.346 e. The summed E-state index contributed by atoms with van der Waals surface area (Å²) < 4.78 is 0.934. The summed E-state index contributed by atoms with van der Waals surface area (Å²) >= 11 is 3.41. The SMILES string of the molecule is Cc1ccc(N2CCNC(=O)C2=O)cc1Br. The van der Waals surface area contributed by atoms with Gasteiger partial charge in [-0.1, -0.05) is 22.0 Å². The third-order valence-corrected chi connectivity index (χ3v) is 3.38. The van der Waals surface area contributed by atoms with E-state index in [9.17, 15) is 9.59 Å². The average Bonchev–Trinajstić information content (AvgIpc) is 2.26. The summed E-state index contributed by atoms with van der Waals surface area (Å²) in [5.41, 5.74) is 1.84. The number of benzene rings is 1. The summed E-state index contributed by atoms with van der Waals surface area (Å²) in [4.78, 5) is 24.3. The monoisotopic (exact) mass is 282 g/mol. The Kier molecular flexibility index (Phi) is 2.96. The van der Waals surface area contributed by atoms with Crippen molar-refractivity contribution in [2.24, 2.45) is 0 Å². The molecule has 0 aromatic heterocycles. The molecule has 0 unspecified atom stereocenters. The van der Waals surface area contributed by atoms with Crippen LogP contribution >= 0.6 is 15.9 Å². The lowest BCUT2D eigenvalue weighted by molar-refractivity contribution is -0.138. The van der Waals surface area contributed by atoms with Crippen molar-refractivity contribution in [3.05, 3.63) is 28.2 Å². The van der Waals surface area contributed by atoms with Gasteiger partial charge >= 0.3 is 11.8 Å². The van der Waals surface area contributed by atoms with Gasteiger partial charge in [-0.25, -0.2) is 0 Å². The van der Waals surface area contributed by atoms with Gasteiger partial charge in [-0.05, 0) is 24.6 Å². The highest BCUT2D eigenvalue weighted by Gasteiger charge is 2.27. The topological polar surface area (TPSA) is 49.4 Å². The van der Waals surface area contributed by atoms with Crippen LogP contribution in [0.2, 0.25) is 0 Å². The summed E-state index contributed by atoms with van der Waals surface area (Å²) in [6.45, 7) is 2.98. The Morgan fingerprint density at radius 1 is 1.38 bits per heavy atom. The van der Waals surface area contributed by atoms with E-state index in [1.807, 2.05) is 25.1 Å². The zero-order valence-corrected chi connectivity index (χ0v) is 10.4. The van der Waals surface area contributed by atoms with Crippen molar-refractivity contribution in [1.29, 1.82) is 0 Å². The predicted octanol–water partition coefficient (Wildman–Crippen LogP) is 1.22. The summed E-state index contributed by atoms with van der Waals surface area (Å²) in [5, 5.41) is 2.52. The predicted molar refractivity (Wildman–Crippen MR) is 64.2 cm³/mol. The molecule has 1 aromatic carbocycles. The van der Waals surface area contributed by atoms with E-state index in [1.54, 1.807) is 0 Å². The van der Waals surface area contributed by atoms with E-state index in [4.69, 9.17) is 0 Å². The number of carbonyl (C=O) groups is 2. The Morgan fingerprint density at radius 2 is 2.12 bits per heavy atom. The van der Waals surface area contributed by atoms with Gasteiger partial charge in [-0.2, -0.15) is 0 Å². The number of halogens is 1. The quantitative estimate of drug-likeness (QED) is 0.788. The molecule has 1 heterocycles. The molecule has 1 aliphatic rings. The number of hydrogen-bond acceptors (Lipinski definition) is 2. The van der Waals surface area contributed by atoms with Gasteiger partial charge in [0, 0.05) is 23.2 Å². The van der Waals surface area contributed by atoms with Gasteiger partial charge in [-0.3, -0.25) is 9.59 Å². The lowest BCUT2D eigenvalue weighted by atomic mass is 10.2. The molecular formula is C11H11BrN2O2. The number of piperazine rings is 1. The second-order valence-electron chi connectivity index (χ2n) is 3.65. The number of rotatable bonds is 1. The van der Waals surface area contributed by atoms with E-state index in [0.29, 0.717) is 13.1 Å². The molecule has 0 radical (unpaired) electrons. The minimum atomic E-state index is -0.539. The first-order chi connectivity index (χ1) is 7.59. The van der Waals surface area contributed by atoms with E-state index in [0.717, 1.165) is 15.7 Å². The Morgan fingerprint density at radius 3 is 2.81 bits per heavy atom. The smallest absolute Gasteiger partial charge is 0.316 e. The molecule has 0 bridgehead atoms. The molecule has 0 aliphatic carbocycles. The molecule has 0 atom stereocenters. The second-order valence-corrected chi connectivity index (χ2v) is 4.50. The summed E-state index contributed by atoms with van der Waals surface area (Å²) in [7, 11) is 0. The van der Waals surface area contributed by atoms with Crippen LogP contribution in [0, 0.1) is 6.92 Å². The van der Waals surface area contributed by atoms with E-state index in [2.05, 4.69) is 21.2 Å². The Balaban J connectivity index is 2.32. The van der Waals surface area contributed by atoms with Gasteiger partial charge in [0.05, 0.1) is 0 Å². The third-order valence-electron chi connectivity index (χ3n) is 2.53. The zero-order chi connectivity index (χ0) is 11.7. The number of hydrogen-bond donors (Lipinski definition) is 1. The standard InChI is InChI=1S/C11H11BrN2O2/c1-7-2-3-8(6-9(7)12)14-5-4-13-10(15)11(14)16/h2-3,6H,4-5H2,1H3,(H,13,15). The summed E-state index contributed by atoms with van der Waals surface area (Å²) in [6.07, 6.45) is 0. The number of anilines is 1. The lowest BCUT2D eigenvalue weighted by Crippen LogP contribution is -2.52. The molecular weight excluding hydrogens is 272 g/mol. The van der Waals surface area contributed by atoms with Crippen molar-refractivity contribution in [3.8, 4) is 0 Å². The fourth-order valence-electron chi connectivity index (χ4n) is 1.58. The average molecular weight is 283 g/mol. The molecule has 1 fully saturated rings. The zero-order valence-electron chi connectivity index (χ0n) is 8.79.